The number of carboxylic acids is 1. The van der Waals surface area contributed by atoms with E-state index >= 15 is 0 Å². The highest BCUT2D eigenvalue weighted by molar-refractivity contribution is 5.96. The molecule has 2 rings (SSSR count). The van der Waals surface area contributed by atoms with Crippen LogP contribution in [0.3, 0.4) is 0 Å². The Balaban J connectivity index is 2.12. The predicted octanol–water partition coefficient (Wildman–Crippen LogP) is 2.09. The summed E-state index contributed by atoms with van der Waals surface area (Å²) in [4.78, 5) is 23.7. The molecule has 1 aromatic carbocycles. The number of amides is 1. The second kappa shape index (κ2) is 6.72. The molecule has 0 heterocycles. The first-order valence-electron chi connectivity index (χ1n) is 7.29. The van der Waals surface area contributed by atoms with Crippen LogP contribution in [0, 0.1) is 17.8 Å². The SMILES string of the molecule is CNCc1ccccc1NC(=O)C1CC(C)CC1C(=O)O. The van der Waals surface area contributed by atoms with Crippen molar-refractivity contribution in [1.29, 1.82) is 0 Å². The van der Waals surface area contributed by atoms with Gasteiger partial charge in [-0.3, -0.25) is 9.59 Å². The molecular weight excluding hydrogens is 268 g/mol. The van der Waals surface area contributed by atoms with Crippen LogP contribution in [0.4, 0.5) is 5.69 Å². The zero-order valence-electron chi connectivity index (χ0n) is 12.4. The van der Waals surface area contributed by atoms with Gasteiger partial charge in [-0.25, -0.2) is 0 Å². The van der Waals surface area contributed by atoms with E-state index in [-0.39, 0.29) is 11.8 Å². The number of nitrogens with one attached hydrogen (secondary N) is 2. The third-order valence-electron chi connectivity index (χ3n) is 4.09. The second-order valence-corrected chi connectivity index (χ2v) is 5.80. The number of carboxylic acid groups (broad SMARTS) is 1. The van der Waals surface area contributed by atoms with E-state index in [2.05, 4.69) is 10.6 Å². The van der Waals surface area contributed by atoms with Crippen LogP contribution in [-0.4, -0.2) is 24.0 Å². The van der Waals surface area contributed by atoms with Crippen LogP contribution in [0.15, 0.2) is 24.3 Å². The molecule has 0 bridgehead atoms. The van der Waals surface area contributed by atoms with E-state index in [4.69, 9.17) is 0 Å². The van der Waals surface area contributed by atoms with E-state index in [1.807, 2.05) is 38.2 Å². The number of carbonyl (C=O) groups excluding carboxylic acids is 1. The molecule has 114 valence electrons. The molecule has 0 aromatic heterocycles. The minimum absolute atomic E-state index is 0.185. The van der Waals surface area contributed by atoms with Gasteiger partial charge in [0.05, 0.1) is 11.8 Å². The Morgan fingerprint density at radius 1 is 1.24 bits per heavy atom. The lowest BCUT2D eigenvalue weighted by Crippen LogP contribution is -2.30. The molecule has 0 radical (unpaired) electrons. The summed E-state index contributed by atoms with van der Waals surface area (Å²) in [5, 5.41) is 15.2. The summed E-state index contributed by atoms with van der Waals surface area (Å²) >= 11 is 0. The van der Waals surface area contributed by atoms with Crippen LogP contribution in [-0.2, 0) is 16.1 Å². The number of hydrogen-bond acceptors (Lipinski definition) is 3. The molecule has 21 heavy (non-hydrogen) atoms. The number of aliphatic carboxylic acids is 1. The van der Waals surface area contributed by atoms with Crippen LogP contribution in [0.2, 0.25) is 0 Å². The lowest BCUT2D eigenvalue weighted by Gasteiger charge is -2.17. The molecule has 5 heteroatoms. The number of rotatable bonds is 5. The minimum atomic E-state index is -0.872. The molecule has 3 N–H and O–H groups in total. The predicted molar refractivity (Wildman–Crippen MR) is 80.8 cm³/mol. The van der Waals surface area contributed by atoms with Crippen LogP contribution >= 0.6 is 0 Å². The van der Waals surface area contributed by atoms with E-state index in [0.29, 0.717) is 19.4 Å². The molecule has 0 spiro atoms. The standard InChI is InChI=1S/C16H22N2O3/c1-10-7-12(13(8-10)16(20)21)15(19)18-14-6-4-3-5-11(14)9-17-2/h3-6,10,12-13,17H,7-9H2,1-2H3,(H,18,19)(H,20,21). The quantitative estimate of drug-likeness (QED) is 0.776. The first-order chi connectivity index (χ1) is 10.0. The topological polar surface area (TPSA) is 78.4 Å². The third-order valence-corrected chi connectivity index (χ3v) is 4.09. The average molecular weight is 290 g/mol. The van der Waals surface area contributed by atoms with Crippen LogP contribution < -0.4 is 10.6 Å². The van der Waals surface area contributed by atoms with Crippen molar-refractivity contribution in [3.05, 3.63) is 29.8 Å². The Bertz CT molecular complexity index is 530. The molecule has 3 atom stereocenters. The Hall–Kier alpha value is -1.88. The molecule has 1 aromatic rings. The number of anilines is 1. The van der Waals surface area contributed by atoms with Crippen molar-refractivity contribution in [2.45, 2.75) is 26.3 Å². The lowest BCUT2D eigenvalue weighted by molar-refractivity contribution is -0.145. The maximum absolute atomic E-state index is 12.4. The first kappa shape index (κ1) is 15.5. The summed E-state index contributed by atoms with van der Waals surface area (Å²) in [7, 11) is 1.84. The minimum Gasteiger partial charge on any atom is -0.481 e. The van der Waals surface area contributed by atoms with E-state index < -0.39 is 17.8 Å². The smallest absolute Gasteiger partial charge is 0.307 e. The molecular formula is C16H22N2O3. The van der Waals surface area contributed by atoms with Gasteiger partial charge in [0, 0.05) is 12.2 Å². The molecule has 1 fully saturated rings. The van der Waals surface area contributed by atoms with Crippen LogP contribution in [0.1, 0.15) is 25.3 Å². The monoisotopic (exact) mass is 290 g/mol. The highest BCUT2D eigenvalue weighted by Crippen LogP contribution is 2.37. The van der Waals surface area contributed by atoms with E-state index in [1.54, 1.807) is 0 Å². The largest absolute Gasteiger partial charge is 0.481 e. The molecule has 1 saturated carbocycles. The van der Waals surface area contributed by atoms with Crippen LogP contribution in [0.25, 0.3) is 0 Å². The molecule has 1 amide bonds. The third kappa shape index (κ3) is 3.61. The normalized spacial score (nSPS) is 24.8. The van der Waals surface area contributed by atoms with Gasteiger partial charge in [0.2, 0.25) is 5.91 Å². The van der Waals surface area contributed by atoms with Crippen LogP contribution in [0.5, 0.6) is 0 Å². The Morgan fingerprint density at radius 2 is 1.90 bits per heavy atom. The van der Waals surface area contributed by atoms with Crippen molar-refractivity contribution in [3.63, 3.8) is 0 Å². The zero-order valence-corrected chi connectivity index (χ0v) is 12.4. The van der Waals surface area contributed by atoms with Crippen molar-refractivity contribution in [2.75, 3.05) is 12.4 Å². The Morgan fingerprint density at radius 3 is 2.57 bits per heavy atom. The number of benzene rings is 1. The van der Waals surface area contributed by atoms with Gasteiger partial charge in [0.25, 0.3) is 0 Å². The van der Waals surface area contributed by atoms with Gasteiger partial charge < -0.3 is 15.7 Å². The van der Waals surface area contributed by atoms with Crippen molar-refractivity contribution in [1.82, 2.24) is 5.32 Å². The van der Waals surface area contributed by atoms with E-state index in [0.717, 1.165) is 11.3 Å². The van der Waals surface area contributed by atoms with Crippen molar-refractivity contribution < 1.29 is 14.7 Å². The summed E-state index contributed by atoms with van der Waals surface area (Å²) in [5.74, 6) is -1.80. The van der Waals surface area contributed by atoms with Gasteiger partial charge >= 0.3 is 5.97 Å². The summed E-state index contributed by atoms with van der Waals surface area (Å²) in [6, 6.07) is 7.57. The molecule has 0 aliphatic heterocycles. The summed E-state index contributed by atoms with van der Waals surface area (Å²) in [6.45, 7) is 2.65. The lowest BCUT2D eigenvalue weighted by atomic mass is 9.95. The molecule has 5 nitrogen and oxygen atoms in total. The summed E-state index contributed by atoms with van der Waals surface area (Å²) < 4.78 is 0. The Kier molecular flexibility index (Phi) is 4.96. The second-order valence-electron chi connectivity index (χ2n) is 5.80. The van der Waals surface area contributed by atoms with Gasteiger partial charge in [-0.15, -0.1) is 0 Å². The molecule has 3 unspecified atom stereocenters. The highest BCUT2D eigenvalue weighted by atomic mass is 16.4. The average Bonchev–Trinajstić information content (AvgIpc) is 2.84. The molecule has 1 aliphatic rings. The molecule has 1 aliphatic carbocycles. The summed E-state index contributed by atoms with van der Waals surface area (Å²) in [6.07, 6.45) is 1.21. The van der Waals surface area contributed by atoms with Gasteiger partial charge in [-0.1, -0.05) is 25.1 Å². The van der Waals surface area contributed by atoms with Gasteiger partial charge in [0.15, 0.2) is 0 Å². The number of carbonyl (C=O) groups is 2. The van der Waals surface area contributed by atoms with Gasteiger partial charge in [-0.05, 0) is 37.4 Å². The zero-order chi connectivity index (χ0) is 15.4. The highest BCUT2D eigenvalue weighted by Gasteiger charge is 2.41. The first-order valence-corrected chi connectivity index (χ1v) is 7.29. The Labute approximate surface area is 124 Å². The summed E-state index contributed by atoms with van der Waals surface area (Å²) in [5.41, 5.74) is 1.74. The number of hydrogen-bond donors (Lipinski definition) is 3. The van der Waals surface area contributed by atoms with E-state index in [9.17, 15) is 14.7 Å². The van der Waals surface area contributed by atoms with Gasteiger partial charge in [0.1, 0.15) is 0 Å². The molecule has 0 saturated heterocycles. The number of para-hydroxylation sites is 1. The van der Waals surface area contributed by atoms with Gasteiger partial charge in [-0.2, -0.15) is 0 Å². The van der Waals surface area contributed by atoms with Crippen molar-refractivity contribution >= 4 is 17.6 Å². The maximum Gasteiger partial charge on any atom is 0.307 e. The van der Waals surface area contributed by atoms with Crippen molar-refractivity contribution in [2.24, 2.45) is 17.8 Å². The van der Waals surface area contributed by atoms with Crippen molar-refractivity contribution in [3.8, 4) is 0 Å². The van der Waals surface area contributed by atoms with E-state index in [1.165, 1.54) is 0 Å². The fourth-order valence-electron chi connectivity index (χ4n) is 3.07. The fraction of sp³-hybridized carbons (Fsp3) is 0.500. The fourth-order valence-corrected chi connectivity index (χ4v) is 3.07. The maximum atomic E-state index is 12.4.